The van der Waals surface area contributed by atoms with Gasteiger partial charge in [-0.2, -0.15) is 4.98 Å². The second-order valence-corrected chi connectivity index (χ2v) is 4.16. The zero-order valence-electron chi connectivity index (χ0n) is 8.64. The maximum Gasteiger partial charge on any atom is 0.270 e. The second-order valence-electron chi connectivity index (χ2n) is 3.83. The number of halogens is 1. The molecule has 3 rings (SSSR count). The number of hydrogen-bond donors (Lipinski definition) is 0. The first-order chi connectivity index (χ1) is 7.66. The van der Waals surface area contributed by atoms with Crippen LogP contribution in [0.25, 0.3) is 11.0 Å². The molecule has 1 aliphatic heterocycles. The molecule has 0 atom stereocenters. The number of fused-ring (bicyclic) bond motifs is 3. The van der Waals surface area contributed by atoms with E-state index >= 15 is 0 Å². The molecule has 0 aliphatic carbocycles. The van der Waals surface area contributed by atoms with Crippen molar-refractivity contribution in [1.29, 1.82) is 0 Å². The minimum absolute atomic E-state index is 0.0142. The topological polar surface area (TPSA) is 51.0 Å². The Morgan fingerprint density at radius 1 is 1.44 bits per heavy atom. The van der Waals surface area contributed by atoms with E-state index in [2.05, 4.69) is 9.97 Å². The lowest BCUT2D eigenvalue weighted by atomic mass is 10.3. The summed E-state index contributed by atoms with van der Waals surface area (Å²) in [4.78, 5) is 21.7. The molecule has 0 saturated heterocycles. The molecule has 1 amide bonds. The van der Waals surface area contributed by atoms with Crippen LogP contribution in [0, 0.1) is 0 Å². The van der Waals surface area contributed by atoms with Crippen LogP contribution in [0.15, 0.2) is 12.3 Å². The van der Waals surface area contributed by atoms with E-state index in [0.717, 1.165) is 17.6 Å². The average Bonchev–Trinajstić information content (AvgIpc) is 2.62. The summed E-state index contributed by atoms with van der Waals surface area (Å²) in [6, 6.07) is 1.81. The molecule has 0 fully saturated rings. The van der Waals surface area contributed by atoms with Gasteiger partial charge in [-0.15, -0.1) is 0 Å². The largest absolute Gasteiger partial charge is 0.339 e. The number of aromatic nitrogens is 3. The van der Waals surface area contributed by atoms with Gasteiger partial charge < -0.3 is 9.47 Å². The predicted molar refractivity (Wildman–Crippen MR) is 59.5 cm³/mol. The van der Waals surface area contributed by atoms with Crippen molar-refractivity contribution >= 4 is 28.5 Å². The van der Waals surface area contributed by atoms with Gasteiger partial charge in [-0.25, -0.2) is 4.98 Å². The Morgan fingerprint density at radius 3 is 3.06 bits per heavy atom. The maximum absolute atomic E-state index is 11.9. The number of amides is 1. The summed E-state index contributed by atoms with van der Waals surface area (Å²) in [7, 11) is 1.79. The molecule has 0 N–H and O–H groups in total. The first kappa shape index (κ1) is 9.59. The SMILES string of the molecule is CN1CCn2c(cc3cnc(Cl)nc32)C1=O. The zero-order chi connectivity index (χ0) is 11.3. The van der Waals surface area contributed by atoms with Crippen molar-refractivity contribution in [1.82, 2.24) is 19.4 Å². The third-order valence-corrected chi connectivity index (χ3v) is 3.01. The number of carbonyl (C=O) groups excluding carboxylic acids is 1. The standard InChI is InChI=1S/C10H9ClN4O/c1-14-2-3-15-7(9(14)16)4-6-5-12-10(11)13-8(6)15/h4-5H,2-3H2,1H3. The Bertz CT molecular complexity index is 592. The average molecular weight is 237 g/mol. The highest BCUT2D eigenvalue weighted by atomic mass is 35.5. The van der Waals surface area contributed by atoms with Crippen molar-refractivity contribution in [2.75, 3.05) is 13.6 Å². The van der Waals surface area contributed by atoms with Gasteiger partial charge in [-0.1, -0.05) is 0 Å². The highest BCUT2D eigenvalue weighted by Crippen LogP contribution is 2.22. The molecule has 2 aromatic heterocycles. The molecule has 6 heteroatoms. The molecule has 0 saturated carbocycles. The third-order valence-electron chi connectivity index (χ3n) is 2.83. The first-order valence-electron chi connectivity index (χ1n) is 4.94. The lowest BCUT2D eigenvalue weighted by Crippen LogP contribution is -2.36. The maximum atomic E-state index is 11.9. The van der Waals surface area contributed by atoms with Gasteiger partial charge in [0.15, 0.2) is 0 Å². The van der Waals surface area contributed by atoms with Crippen LogP contribution in [-0.4, -0.2) is 38.9 Å². The molecule has 16 heavy (non-hydrogen) atoms. The summed E-state index contributed by atoms with van der Waals surface area (Å²) in [6.07, 6.45) is 1.64. The predicted octanol–water partition coefficient (Wildman–Crippen LogP) is 1.17. The summed E-state index contributed by atoms with van der Waals surface area (Å²) in [5, 5.41) is 1.06. The number of hydrogen-bond acceptors (Lipinski definition) is 3. The van der Waals surface area contributed by atoms with E-state index in [4.69, 9.17) is 11.6 Å². The quantitative estimate of drug-likeness (QED) is 0.646. The number of nitrogens with zero attached hydrogens (tertiary/aromatic N) is 4. The van der Waals surface area contributed by atoms with Crippen molar-refractivity contribution < 1.29 is 4.79 Å². The second kappa shape index (κ2) is 3.18. The molecule has 1 aliphatic rings. The van der Waals surface area contributed by atoms with E-state index in [1.165, 1.54) is 0 Å². The normalized spacial score (nSPS) is 15.6. The van der Waals surface area contributed by atoms with Crippen molar-refractivity contribution in [2.45, 2.75) is 6.54 Å². The smallest absolute Gasteiger partial charge is 0.270 e. The highest BCUT2D eigenvalue weighted by Gasteiger charge is 2.24. The van der Waals surface area contributed by atoms with Crippen LogP contribution in [0.1, 0.15) is 10.5 Å². The summed E-state index contributed by atoms with van der Waals surface area (Å²) in [5.41, 5.74) is 1.39. The highest BCUT2D eigenvalue weighted by molar-refractivity contribution is 6.28. The van der Waals surface area contributed by atoms with E-state index < -0.39 is 0 Å². The fourth-order valence-electron chi connectivity index (χ4n) is 1.97. The van der Waals surface area contributed by atoms with E-state index in [1.807, 2.05) is 10.6 Å². The third kappa shape index (κ3) is 1.21. The molecule has 3 heterocycles. The molecule has 0 bridgehead atoms. The van der Waals surface area contributed by atoms with Crippen LogP contribution in [0.3, 0.4) is 0 Å². The molecule has 82 valence electrons. The van der Waals surface area contributed by atoms with E-state index in [1.54, 1.807) is 18.1 Å². The number of likely N-dealkylation sites (N-methyl/N-ethyl adjacent to an activating group) is 1. The monoisotopic (exact) mass is 236 g/mol. The van der Waals surface area contributed by atoms with Gasteiger partial charge in [-0.05, 0) is 17.7 Å². The molecular weight excluding hydrogens is 228 g/mol. The van der Waals surface area contributed by atoms with E-state index in [0.29, 0.717) is 12.2 Å². The van der Waals surface area contributed by atoms with Gasteiger partial charge in [0, 0.05) is 31.7 Å². The van der Waals surface area contributed by atoms with Crippen LogP contribution in [-0.2, 0) is 6.54 Å². The molecule has 2 aromatic rings. The lowest BCUT2D eigenvalue weighted by Gasteiger charge is -2.24. The van der Waals surface area contributed by atoms with Gasteiger partial charge >= 0.3 is 0 Å². The van der Waals surface area contributed by atoms with Crippen molar-refractivity contribution in [3.05, 3.63) is 23.2 Å². The zero-order valence-corrected chi connectivity index (χ0v) is 9.40. The first-order valence-corrected chi connectivity index (χ1v) is 5.32. The summed E-state index contributed by atoms with van der Waals surface area (Å²) in [5.74, 6) is 0.0142. The van der Waals surface area contributed by atoms with E-state index in [9.17, 15) is 4.79 Å². The van der Waals surface area contributed by atoms with Gasteiger partial charge in [-0.3, -0.25) is 4.79 Å². The van der Waals surface area contributed by atoms with Gasteiger partial charge in [0.1, 0.15) is 11.3 Å². The Hall–Kier alpha value is -1.62. The molecule has 5 nitrogen and oxygen atoms in total. The number of rotatable bonds is 0. The Balaban J connectivity index is 2.31. The molecule has 0 aromatic carbocycles. The molecule has 0 spiro atoms. The summed E-state index contributed by atoms with van der Waals surface area (Å²) < 4.78 is 1.89. The molecule has 0 radical (unpaired) electrons. The van der Waals surface area contributed by atoms with Crippen LogP contribution < -0.4 is 0 Å². The Morgan fingerprint density at radius 2 is 2.25 bits per heavy atom. The van der Waals surface area contributed by atoms with Gasteiger partial charge in [0.25, 0.3) is 5.91 Å². The van der Waals surface area contributed by atoms with Gasteiger partial charge in [0.2, 0.25) is 5.28 Å². The van der Waals surface area contributed by atoms with Crippen LogP contribution in [0.4, 0.5) is 0 Å². The summed E-state index contributed by atoms with van der Waals surface area (Å²) in [6.45, 7) is 1.44. The van der Waals surface area contributed by atoms with Crippen molar-refractivity contribution in [3.8, 4) is 0 Å². The van der Waals surface area contributed by atoms with Crippen molar-refractivity contribution in [2.24, 2.45) is 0 Å². The fourth-order valence-corrected chi connectivity index (χ4v) is 2.10. The fraction of sp³-hybridized carbons (Fsp3) is 0.300. The van der Waals surface area contributed by atoms with Gasteiger partial charge in [0.05, 0.1) is 0 Å². The molecular formula is C10H9ClN4O. The van der Waals surface area contributed by atoms with Crippen LogP contribution in [0.2, 0.25) is 5.28 Å². The van der Waals surface area contributed by atoms with Crippen LogP contribution >= 0.6 is 11.6 Å². The van der Waals surface area contributed by atoms with E-state index in [-0.39, 0.29) is 11.2 Å². The Labute approximate surface area is 96.7 Å². The minimum Gasteiger partial charge on any atom is -0.339 e. The number of carbonyl (C=O) groups is 1. The van der Waals surface area contributed by atoms with Crippen molar-refractivity contribution in [3.63, 3.8) is 0 Å². The summed E-state index contributed by atoms with van der Waals surface area (Å²) >= 11 is 5.75. The Kier molecular flexibility index (Phi) is 1.91. The van der Waals surface area contributed by atoms with Crippen LogP contribution in [0.5, 0.6) is 0 Å². The lowest BCUT2D eigenvalue weighted by molar-refractivity contribution is 0.0751. The molecule has 0 unspecified atom stereocenters. The minimum atomic E-state index is 0.0142.